The van der Waals surface area contributed by atoms with Crippen LogP contribution < -0.4 is 0 Å². The first-order chi connectivity index (χ1) is 12.5. The predicted octanol–water partition coefficient (Wildman–Crippen LogP) is 8.11. The van der Waals surface area contributed by atoms with E-state index in [4.69, 9.17) is 34.8 Å². The largest absolute Gasteiger partial charge is 0.458 e. The smallest absolute Gasteiger partial charge is 0.218 e. The topological polar surface area (TPSA) is 0 Å². The number of hydrogen-bond acceptors (Lipinski definition) is 0. The first-order valence-electron chi connectivity index (χ1n) is 6.56. The lowest BCUT2D eigenvalue weighted by atomic mass is 9.86. The number of hydrogen-bond donors (Lipinski definition) is 0. The minimum atomic E-state index is -6.83. The fraction of sp³-hybridized carbons (Fsp3) is 0.538. The summed E-state index contributed by atoms with van der Waals surface area (Å²) in [6, 6.07) is 0.277. The maximum Gasteiger partial charge on any atom is 0.458 e. The van der Waals surface area contributed by atoms with Crippen LogP contribution in [0.3, 0.4) is 0 Å². The van der Waals surface area contributed by atoms with Gasteiger partial charge in [-0.15, -0.1) is 0 Å². The summed E-state index contributed by atoms with van der Waals surface area (Å²) in [6.07, 6.45) is -21.6. The molecule has 167 valence electrons. The summed E-state index contributed by atoms with van der Waals surface area (Å²) in [6.45, 7) is 0. The molecule has 0 aliphatic rings. The summed E-state index contributed by atoms with van der Waals surface area (Å²) in [5.41, 5.74) is -13.0. The van der Waals surface area contributed by atoms with Crippen LogP contribution in [0, 0.1) is 6.07 Å². The average Bonchev–Trinajstić information content (AvgIpc) is 2.43. The Morgan fingerprint density at radius 1 is 0.759 bits per heavy atom. The second kappa shape index (κ2) is 7.70. The molecule has 0 spiro atoms. The zero-order valence-corrected chi connectivity index (χ0v) is 16.7. The van der Waals surface area contributed by atoms with E-state index in [2.05, 4.69) is 15.9 Å². The molecule has 1 aromatic rings. The SMILES string of the molecule is FC(F)(F)C(F)(F)c1[c]c(Br)c(CC(Cl)(Cl)Cl)c(C(F)(C(F)(F)F)C(F)(F)F)c1. The molecule has 0 heterocycles. The molecule has 0 saturated heterocycles. The van der Waals surface area contributed by atoms with E-state index in [1.807, 2.05) is 0 Å². The standard InChI is InChI=1S/C13H3BrCl3F12/c14-7-2-4(10(19,20)13(27,28)29)1-6(5(7)3-8(15,16)17)9(18,11(21,22)23)12(24,25)26/h1H,3H2. The van der Waals surface area contributed by atoms with E-state index < -0.39 is 67.6 Å². The highest BCUT2D eigenvalue weighted by Crippen LogP contribution is 2.56. The molecule has 0 aromatic heterocycles. The van der Waals surface area contributed by atoms with Crippen LogP contribution in [0.2, 0.25) is 0 Å². The molecule has 1 aromatic carbocycles. The Bertz CT molecular complexity index is 747. The summed E-state index contributed by atoms with van der Waals surface area (Å²) in [4.78, 5) is 0. The molecule has 0 saturated carbocycles. The highest BCUT2D eigenvalue weighted by atomic mass is 79.9. The van der Waals surface area contributed by atoms with E-state index in [1.165, 1.54) is 6.07 Å². The molecule has 0 aliphatic carbocycles. The second-order valence-electron chi connectivity index (χ2n) is 5.41. The summed E-state index contributed by atoms with van der Waals surface area (Å²) < 4.78 is 154. The van der Waals surface area contributed by atoms with Crippen LogP contribution in [-0.4, -0.2) is 22.3 Å². The quantitative estimate of drug-likeness (QED) is 0.253. The highest BCUT2D eigenvalue weighted by molar-refractivity contribution is 9.10. The van der Waals surface area contributed by atoms with Gasteiger partial charge in [0.15, 0.2) is 3.79 Å². The third kappa shape index (κ3) is 5.15. The van der Waals surface area contributed by atoms with Gasteiger partial charge in [0.1, 0.15) is 0 Å². The van der Waals surface area contributed by atoms with Gasteiger partial charge in [0.05, 0.1) is 0 Å². The van der Waals surface area contributed by atoms with Gasteiger partial charge < -0.3 is 0 Å². The van der Waals surface area contributed by atoms with Gasteiger partial charge in [0, 0.05) is 28.1 Å². The van der Waals surface area contributed by atoms with Gasteiger partial charge in [-0.05, 0) is 27.6 Å². The van der Waals surface area contributed by atoms with Gasteiger partial charge in [0.2, 0.25) is 0 Å². The van der Waals surface area contributed by atoms with Crippen molar-refractivity contribution in [3.05, 3.63) is 33.3 Å². The number of alkyl halides is 15. The third-order valence-electron chi connectivity index (χ3n) is 3.35. The van der Waals surface area contributed by atoms with Gasteiger partial charge >= 0.3 is 30.1 Å². The average molecular weight is 573 g/mol. The van der Waals surface area contributed by atoms with E-state index in [-0.39, 0.29) is 0 Å². The maximum atomic E-state index is 14.5. The maximum absolute atomic E-state index is 14.5. The molecule has 16 heteroatoms. The number of halogens is 16. The Morgan fingerprint density at radius 3 is 1.48 bits per heavy atom. The summed E-state index contributed by atoms with van der Waals surface area (Å²) >= 11 is 18.0. The first-order valence-corrected chi connectivity index (χ1v) is 8.49. The van der Waals surface area contributed by atoms with Gasteiger partial charge in [-0.2, -0.15) is 48.3 Å². The van der Waals surface area contributed by atoms with E-state index in [0.717, 1.165) is 0 Å². The Hall–Kier alpha value is -0.270. The van der Waals surface area contributed by atoms with E-state index >= 15 is 0 Å². The molecular formula is C13H3BrCl3F12. The molecule has 0 amide bonds. The molecular weight excluding hydrogens is 570 g/mol. The van der Waals surface area contributed by atoms with Crippen LogP contribution in [0.4, 0.5) is 52.7 Å². The van der Waals surface area contributed by atoms with Crippen LogP contribution in [0.25, 0.3) is 0 Å². The van der Waals surface area contributed by atoms with Crippen molar-refractivity contribution in [3.8, 4) is 0 Å². The number of rotatable bonds is 3. The lowest BCUT2D eigenvalue weighted by Gasteiger charge is -2.33. The molecule has 0 nitrogen and oxygen atoms in total. The van der Waals surface area contributed by atoms with Gasteiger partial charge in [-0.1, -0.05) is 34.8 Å². The van der Waals surface area contributed by atoms with Crippen molar-refractivity contribution < 1.29 is 52.7 Å². The minimum absolute atomic E-state index is 0.953. The van der Waals surface area contributed by atoms with Crippen molar-refractivity contribution in [3.63, 3.8) is 0 Å². The Balaban J connectivity index is 4.08. The van der Waals surface area contributed by atoms with Crippen LogP contribution in [0.1, 0.15) is 16.7 Å². The molecule has 29 heavy (non-hydrogen) atoms. The zero-order valence-electron chi connectivity index (χ0n) is 12.8. The summed E-state index contributed by atoms with van der Waals surface area (Å²) in [7, 11) is 0. The highest BCUT2D eigenvalue weighted by Gasteiger charge is 2.74. The van der Waals surface area contributed by atoms with Gasteiger partial charge in [0.25, 0.3) is 0 Å². The van der Waals surface area contributed by atoms with E-state index in [1.54, 1.807) is 0 Å². The van der Waals surface area contributed by atoms with Gasteiger partial charge in [-0.25, -0.2) is 4.39 Å². The molecule has 1 rings (SSSR count). The predicted molar refractivity (Wildman–Crippen MR) is 81.8 cm³/mol. The van der Waals surface area contributed by atoms with Crippen molar-refractivity contribution in [1.82, 2.24) is 0 Å². The summed E-state index contributed by atoms with van der Waals surface area (Å²) in [5, 5.41) is 0. The first kappa shape index (κ1) is 26.8. The van der Waals surface area contributed by atoms with Crippen LogP contribution in [0.5, 0.6) is 0 Å². The van der Waals surface area contributed by atoms with Crippen molar-refractivity contribution in [2.45, 2.75) is 40.3 Å². The monoisotopic (exact) mass is 571 g/mol. The van der Waals surface area contributed by atoms with Crippen molar-refractivity contribution in [1.29, 1.82) is 0 Å². The molecule has 0 fully saturated rings. The normalized spacial score (nSPS) is 15.0. The summed E-state index contributed by atoms with van der Waals surface area (Å²) in [5.74, 6) is -5.99. The van der Waals surface area contributed by atoms with Crippen LogP contribution >= 0.6 is 50.7 Å². The Morgan fingerprint density at radius 2 is 1.17 bits per heavy atom. The Kier molecular flexibility index (Phi) is 7.11. The van der Waals surface area contributed by atoms with Crippen molar-refractivity contribution >= 4 is 50.7 Å². The lowest BCUT2D eigenvalue weighted by Crippen LogP contribution is -2.51. The Labute approximate surface area is 177 Å². The molecule has 0 unspecified atom stereocenters. The fourth-order valence-corrected chi connectivity index (χ4v) is 3.02. The minimum Gasteiger partial charge on any atom is -0.218 e. The van der Waals surface area contributed by atoms with Crippen molar-refractivity contribution in [2.24, 2.45) is 0 Å². The molecule has 0 bridgehead atoms. The van der Waals surface area contributed by atoms with Crippen molar-refractivity contribution in [2.75, 3.05) is 0 Å². The molecule has 0 N–H and O–H groups in total. The van der Waals surface area contributed by atoms with Crippen LogP contribution in [-0.2, 0) is 18.0 Å². The lowest BCUT2D eigenvalue weighted by molar-refractivity contribution is -0.349. The molecule has 0 atom stereocenters. The second-order valence-corrected chi connectivity index (χ2v) is 8.72. The van der Waals surface area contributed by atoms with E-state index in [0.29, 0.717) is 0 Å². The van der Waals surface area contributed by atoms with E-state index in [9.17, 15) is 52.7 Å². The molecule has 0 aliphatic heterocycles. The zero-order chi connectivity index (χ0) is 23.4. The van der Waals surface area contributed by atoms with Gasteiger partial charge in [-0.3, -0.25) is 0 Å². The van der Waals surface area contributed by atoms with Crippen LogP contribution in [0.15, 0.2) is 10.5 Å². The fourth-order valence-electron chi connectivity index (χ4n) is 2.05. The third-order valence-corrected chi connectivity index (χ3v) is 4.42. The molecule has 1 radical (unpaired) electrons. The number of benzene rings is 1.